The lowest BCUT2D eigenvalue weighted by Crippen LogP contribution is -2.17. The van der Waals surface area contributed by atoms with Gasteiger partial charge in [0.05, 0.1) is 31.2 Å². The molecule has 0 aromatic heterocycles. The van der Waals surface area contributed by atoms with Crippen molar-refractivity contribution in [3.05, 3.63) is 59.2 Å². The van der Waals surface area contributed by atoms with E-state index in [0.29, 0.717) is 17.0 Å². The van der Waals surface area contributed by atoms with Crippen molar-refractivity contribution in [1.82, 2.24) is 0 Å². The minimum atomic E-state index is -0.479. The van der Waals surface area contributed by atoms with Crippen LogP contribution >= 0.6 is 11.8 Å². The number of carbonyl (C=O) groups excluding carboxylic acids is 2. The molecular weight excluding hydrogens is 338 g/mol. The molecule has 2 aromatic rings. The highest BCUT2D eigenvalue weighted by Gasteiger charge is 2.13. The Morgan fingerprint density at radius 2 is 1.88 bits per heavy atom. The van der Waals surface area contributed by atoms with Crippen molar-refractivity contribution in [2.24, 2.45) is 0 Å². The van der Waals surface area contributed by atoms with Crippen LogP contribution in [-0.2, 0) is 15.3 Å². The van der Waals surface area contributed by atoms with Crippen LogP contribution in [0.4, 0.5) is 5.69 Å². The molecule has 0 fully saturated rings. The number of esters is 1. The fraction of sp³-hybridized carbons (Fsp3) is 0.263. The molecule has 0 heterocycles. The molecule has 0 aliphatic carbocycles. The third-order valence-electron chi connectivity index (χ3n) is 3.53. The van der Waals surface area contributed by atoms with E-state index in [1.807, 2.05) is 19.1 Å². The normalized spacial score (nSPS) is 10.2. The third-order valence-corrected chi connectivity index (χ3v) is 4.51. The molecule has 0 atom stereocenters. The second-order valence-electron chi connectivity index (χ2n) is 5.39. The first kappa shape index (κ1) is 18.9. The Bertz CT molecular complexity index is 761. The van der Waals surface area contributed by atoms with Crippen LogP contribution in [0.2, 0.25) is 0 Å². The number of benzene rings is 2. The number of rotatable bonds is 7. The zero-order chi connectivity index (χ0) is 18.2. The van der Waals surface area contributed by atoms with Crippen LogP contribution < -0.4 is 10.1 Å². The van der Waals surface area contributed by atoms with Crippen molar-refractivity contribution >= 4 is 29.3 Å². The summed E-state index contributed by atoms with van der Waals surface area (Å²) in [6, 6.07) is 12.7. The summed E-state index contributed by atoms with van der Waals surface area (Å²) in [5.41, 5.74) is 2.99. The van der Waals surface area contributed by atoms with Crippen molar-refractivity contribution < 1.29 is 19.1 Å². The lowest BCUT2D eigenvalue weighted by atomic mass is 10.1. The van der Waals surface area contributed by atoms with Crippen molar-refractivity contribution in [3.63, 3.8) is 0 Å². The number of methoxy groups -OCH3 is 2. The summed E-state index contributed by atoms with van der Waals surface area (Å²) < 4.78 is 10.1. The molecule has 2 rings (SSSR count). The fourth-order valence-corrected chi connectivity index (χ4v) is 3.15. The van der Waals surface area contributed by atoms with Gasteiger partial charge in [0, 0.05) is 11.3 Å². The van der Waals surface area contributed by atoms with Gasteiger partial charge in [-0.25, -0.2) is 4.79 Å². The van der Waals surface area contributed by atoms with Gasteiger partial charge in [0.1, 0.15) is 5.75 Å². The first-order valence-corrected chi connectivity index (χ1v) is 8.89. The summed E-state index contributed by atoms with van der Waals surface area (Å²) in [6.45, 7) is 2.02. The van der Waals surface area contributed by atoms with Gasteiger partial charge in [-0.05, 0) is 25.1 Å². The van der Waals surface area contributed by atoms with E-state index in [9.17, 15) is 9.59 Å². The molecule has 2 aromatic carbocycles. The van der Waals surface area contributed by atoms with E-state index < -0.39 is 5.97 Å². The van der Waals surface area contributed by atoms with Gasteiger partial charge in [0.15, 0.2) is 0 Å². The Labute approximate surface area is 151 Å². The maximum atomic E-state index is 12.2. The van der Waals surface area contributed by atoms with E-state index in [1.165, 1.54) is 18.9 Å². The second-order valence-corrected chi connectivity index (χ2v) is 6.38. The van der Waals surface area contributed by atoms with Gasteiger partial charge < -0.3 is 14.8 Å². The van der Waals surface area contributed by atoms with Crippen LogP contribution in [0.5, 0.6) is 5.75 Å². The minimum absolute atomic E-state index is 0.173. The van der Waals surface area contributed by atoms with Crippen LogP contribution in [0.15, 0.2) is 42.5 Å². The summed E-state index contributed by atoms with van der Waals surface area (Å²) in [5, 5.41) is 2.76. The standard InChI is InChI=1S/C19H21NO4S/c1-13-8-9-17(23-2)14(10-13)11-25-12-18(21)20-16-7-5-4-6-15(16)19(22)24-3/h4-10H,11-12H2,1-3H3,(H,20,21). The number of amides is 1. The van der Waals surface area contributed by atoms with Crippen LogP contribution in [0, 0.1) is 6.92 Å². The number of hydrogen-bond donors (Lipinski definition) is 1. The molecule has 1 N–H and O–H groups in total. The number of hydrogen-bond acceptors (Lipinski definition) is 5. The van der Waals surface area contributed by atoms with Crippen LogP contribution in [-0.4, -0.2) is 31.8 Å². The van der Waals surface area contributed by atoms with Crippen LogP contribution in [0.3, 0.4) is 0 Å². The van der Waals surface area contributed by atoms with Crippen molar-refractivity contribution in [2.75, 3.05) is 25.3 Å². The zero-order valence-corrected chi connectivity index (χ0v) is 15.3. The third kappa shape index (κ3) is 5.26. The minimum Gasteiger partial charge on any atom is -0.496 e. The molecule has 0 bridgehead atoms. The number of aryl methyl sites for hydroxylation is 1. The predicted molar refractivity (Wildman–Crippen MR) is 100 cm³/mol. The van der Waals surface area contributed by atoms with Gasteiger partial charge in [-0.1, -0.05) is 29.8 Å². The molecular formula is C19H21NO4S. The molecule has 0 spiro atoms. The number of carbonyl (C=O) groups is 2. The van der Waals surface area contributed by atoms with E-state index >= 15 is 0 Å². The average molecular weight is 359 g/mol. The van der Waals surface area contributed by atoms with E-state index in [2.05, 4.69) is 11.4 Å². The fourth-order valence-electron chi connectivity index (χ4n) is 2.34. The topological polar surface area (TPSA) is 64.6 Å². The lowest BCUT2D eigenvalue weighted by molar-refractivity contribution is -0.113. The number of anilines is 1. The van der Waals surface area contributed by atoms with Gasteiger partial charge >= 0.3 is 5.97 Å². The van der Waals surface area contributed by atoms with E-state index in [-0.39, 0.29) is 11.7 Å². The van der Waals surface area contributed by atoms with Crippen LogP contribution in [0.25, 0.3) is 0 Å². The largest absolute Gasteiger partial charge is 0.496 e. The summed E-state index contributed by atoms with van der Waals surface area (Å²) in [7, 11) is 2.95. The molecule has 0 aliphatic heterocycles. The molecule has 6 heteroatoms. The highest BCUT2D eigenvalue weighted by molar-refractivity contribution is 7.99. The van der Waals surface area contributed by atoms with Crippen molar-refractivity contribution in [3.8, 4) is 5.75 Å². The molecule has 0 radical (unpaired) electrons. The molecule has 0 saturated carbocycles. The number of ether oxygens (including phenoxy) is 2. The zero-order valence-electron chi connectivity index (χ0n) is 14.5. The first-order valence-electron chi connectivity index (χ1n) is 7.73. The number of para-hydroxylation sites is 1. The maximum Gasteiger partial charge on any atom is 0.339 e. The smallest absolute Gasteiger partial charge is 0.339 e. The molecule has 1 amide bonds. The molecule has 0 saturated heterocycles. The summed E-state index contributed by atoms with van der Waals surface area (Å²) in [5.74, 6) is 1.10. The van der Waals surface area contributed by atoms with E-state index in [0.717, 1.165) is 16.9 Å². The quantitative estimate of drug-likeness (QED) is 0.764. The Balaban J connectivity index is 1.94. The molecule has 5 nitrogen and oxygen atoms in total. The molecule has 25 heavy (non-hydrogen) atoms. The number of nitrogens with one attached hydrogen (secondary N) is 1. The summed E-state index contributed by atoms with van der Waals surface area (Å²) in [6.07, 6.45) is 0. The van der Waals surface area contributed by atoms with Gasteiger partial charge in [-0.15, -0.1) is 11.8 Å². The SMILES string of the molecule is COC(=O)c1ccccc1NC(=O)CSCc1cc(C)ccc1OC. The average Bonchev–Trinajstić information content (AvgIpc) is 2.61. The molecule has 0 unspecified atom stereocenters. The van der Waals surface area contributed by atoms with Gasteiger partial charge in [0.2, 0.25) is 5.91 Å². The lowest BCUT2D eigenvalue weighted by Gasteiger charge is -2.11. The Hall–Kier alpha value is -2.47. The molecule has 132 valence electrons. The Morgan fingerprint density at radius 1 is 1.12 bits per heavy atom. The highest BCUT2D eigenvalue weighted by Crippen LogP contribution is 2.24. The van der Waals surface area contributed by atoms with Crippen molar-refractivity contribution in [2.45, 2.75) is 12.7 Å². The Morgan fingerprint density at radius 3 is 2.60 bits per heavy atom. The highest BCUT2D eigenvalue weighted by atomic mass is 32.2. The second kappa shape index (κ2) is 9.13. The van der Waals surface area contributed by atoms with Gasteiger partial charge in [-0.2, -0.15) is 0 Å². The first-order chi connectivity index (χ1) is 12.0. The summed E-state index contributed by atoms with van der Waals surface area (Å²) in [4.78, 5) is 23.9. The monoisotopic (exact) mass is 359 g/mol. The van der Waals surface area contributed by atoms with Crippen LogP contribution in [0.1, 0.15) is 21.5 Å². The predicted octanol–water partition coefficient (Wildman–Crippen LogP) is 3.66. The Kier molecular flexibility index (Phi) is 6.89. The van der Waals surface area contributed by atoms with E-state index in [1.54, 1.807) is 31.4 Å². The van der Waals surface area contributed by atoms with Gasteiger partial charge in [0.25, 0.3) is 0 Å². The van der Waals surface area contributed by atoms with Gasteiger partial charge in [-0.3, -0.25) is 4.79 Å². The van der Waals surface area contributed by atoms with E-state index in [4.69, 9.17) is 9.47 Å². The summed E-state index contributed by atoms with van der Waals surface area (Å²) >= 11 is 1.48. The molecule has 0 aliphatic rings. The maximum absolute atomic E-state index is 12.2. The van der Waals surface area contributed by atoms with Crippen molar-refractivity contribution in [1.29, 1.82) is 0 Å². The number of thioether (sulfide) groups is 1.